The van der Waals surface area contributed by atoms with E-state index in [4.69, 9.17) is 16.3 Å². The number of amides is 1. The van der Waals surface area contributed by atoms with Crippen molar-refractivity contribution in [1.29, 1.82) is 0 Å². The fourth-order valence-electron chi connectivity index (χ4n) is 2.29. The third-order valence-electron chi connectivity index (χ3n) is 3.32. The molecule has 0 bridgehead atoms. The lowest BCUT2D eigenvalue weighted by Gasteiger charge is -2.22. The molecule has 1 aliphatic rings. The van der Waals surface area contributed by atoms with Crippen LogP contribution in [-0.2, 0) is 14.8 Å². The first kappa shape index (κ1) is 18.0. The lowest BCUT2D eigenvalue weighted by Crippen LogP contribution is -2.41. The molecule has 1 saturated heterocycles. The van der Waals surface area contributed by atoms with Crippen LogP contribution in [0.5, 0.6) is 0 Å². The van der Waals surface area contributed by atoms with Gasteiger partial charge in [0.05, 0.1) is 4.90 Å². The molecule has 1 amide bonds. The Hall–Kier alpha value is -1.31. The number of carbonyl (C=O) groups excluding carboxylic acids is 1. The third-order valence-corrected chi connectivity index (χ3v) is 5.45. The van der Waals surface area contributed by atoms with Crippen molar-refractivity contribution in [3.63, 3.8) is 0 Å². The number of nitrogens with zero attached hydrogens (tertiary/aromatic N) is 1. The number of nitrogens with one attached hydrogen (secondary N) is 1. The first-order valence-corrected chi connectivity index (χ1v) is 9.15. The van der Waals surface area contributed by atoms with Gasteiger partial charge in [-0.1, -0.05) is 11.6 Å². The molecule has 8 heteroatoms. The van der Waals surface area contributed by atoms with Crippen LogP contribution in [-0.4, -0.2) is 43.5 Å². The average Bonchev–Trinajstić information content (AvgIpc) is 2.86. The highest BCUT2D eigenvalue weighted by atomic mass is 35.5. The maximum atomic E-state index is 12.5. The van der Waals surface area contributed by atoms with Crippen LogP contribution in [0.4, 0.5) is 4.79 Å². The second kappa shape index (κ2) is 6.67. The Morgan fingerprint density at radius 2 is 1.91 bits per heavy atom. The fraction of sp³-hybridized carbons (Fsp3) is 0.533. The normalized spacial score (nSPS) is 19.6. The van der Waals surface area contributed by atoms with Crippen LogP contribution >= 0.6 is 11.6 Å². The first-order valence-electron chi connectivity index (χ1n) is 7.33. The van der Waals surface area contributed by atoms with E-state index in [-0.39, 0.29) is 17.5 Å². The number of sulfonamides is 1. The van der Waals surface area contributed by atoms with E-state index in [0.717, 1.165) is 0 Å². The van der Waals surface area contributed by atoms with Crippen molar-refractivity contribution < 1.29 is 17.9 Å². The van der Waals surface area contributed by atoms with E-state index in [1.54, 1.807) is 32.9 Å². The van der Waals surface area contributed by atoms with Gasteiger partial charge in [0.2, 0.25) is 10.0 Å². The van der Waals surface area contributed by atoms with Crippen LogP contribution < -0.4 is 5.32 Å². The Bertz CT molecular complexity index is 668. The van der Waals surface area contributed by atoms with Gasteiger partial charge < -0.3 is 10.1 Å². The maximum absolute atomic E-state index is 12.5. The molecule has 0 saturated carbocycles. The van der Waals surface area contributed by atoms with Crippen LogP contribution in [0.1, 0.15) is 27.2 Å². The fourth-order valence-corrected chi connectivity index (χ4v) is 3.92. The molecule has 2 rings (SSSR count). The van der Waals surface area contributed by atoms with Gasteiger partial charge in [-0.3, -0.25) is 0 Å². The van der Waals surface area contributed by atoms with E-state index in [0.29, 0.717) is 18.0 Å². The van der Waals surface area contributed by atoms with Gasteiger partial charge in [0.15, 0.2) is 0 Å². The number of hydrogen-bond acceptors (Lipinski definition) is 4. The van der Waals surface area contributed by atoms with Gasteiger partial charge in [0.1, 0.15) is 5.60 Å². The summed E-state index contributed by atoms with van der Waals surface area (Å²) in [5.74, 6) is 0. The van der Waals surface area contributed by atoms with Crippen LogP contribution in [0.15, 0.2) is 29.2 Å². The summed E-state index contributed by atoms with van der Waals surface area (Å²) in [7, 11) is -3.58. The summed E-state index contributed by atoms with van der Waals surface area (Å²) in [5.41, 5.74) is -0.586. The Kier molecular flexibility index (Phi) is 5.23. The minimum Gasteiger partial charge on any atom is -0.444 e. The second-order valence-corrected chi connectivity index (χ2v) is 8.82. The Morgan fingerprint density at radius 1 is 1.30 bits per heavy atom. The number of halogens is 1. The Morgan fingerprint density at radius 3 is 2.48 bits per heavy atom. The average molecular weight is 361 g/mol. The van der Waals surface area contributed by atoms with Crippen molar-refractivity contribution >= 4 is 27.7 Å². The van der Waals surface area contributed by atoms with Crippen LogP contribution in [0, 0.1) is 0 Å². The topological polar surface area (TPSA) is 75.7 Å². The zero-order chi connectivity index (χ0) is 17.3. The monoisotopic (exact) mass is 360 g/mol. The van der Waals surface area contributed by atoms with E-state index < -0.39 is 21.7 Å². The van der Waals surface area contributed by atoms with Gasteiger partial charge in [0, 0.05) is 24.2 Å². The molecule has 6 nitrogen and oxygen atoms in total. The number of alkyl carbamates (subject to hydrolysis) is 1. The zero-order valence-corrected chi connectivity index (χ0v) is 14.9. The lowest BCUT2D eigenvalue weighted by molar-refractivity contribution is 0.0507. The van der Waals surface area contributed by atoms with Crippen LogP contribution in [0.25, 0.3) is 0 Å². The molecule has 1 heterocycles. The molecule has 1 fully saturated rings. The molecular formula is C15H21ClN2O4S. The van der Waals surface area contributed by atoms with Crippen LogP contribution in [0.2, 0.25) is 5.02 Å². The Labute approximate surface area is 141 Å². The van der Waals surface area contributed by atoms with E-state index in [1.807, 2.05) is 0 Å². The van der Waals surface area contributed by atoms with E-state index in [1.165, 1.54) is 16.4 Å². The van der Waals surface area contributed by atoms with Crippen molar-refractivity contribution in [2.45, 2.75) is 43.7 Å². The molecule has 1 N–H and O–H groups in total. The highest BCUT2D eigenvalue weighted by Crippen LogP contribution is 2.22. The highest BCUT2D eigenvalue weighted by Gasteiger charge is 2.33. The molecule has 0 radical (unpaired) electrons. The number of benzene rings is 1. The molecule has 0 aliphatic carbocycles. The lowest BCUT2D eigenvalue weighted by atomic mass is 10.2. The van der Waals surface area contributed by atoms with Crippen molar-refractivity contribution in [2.75, 3.05) is 13.1 Å². The predicted octanol–water partition coefficient (Wildman–Crippen LogP) is 2.63. The molecular weight excluding hydrogens is 340 g/mol. The molecule has 1 atom stereocenters. The third kappa shape index (κ3) is 4.83. The molecule has 0 aromatic heterocycles. The summed E-state index contributed by atoms with van der Waals surface area (Å²) in [6.07, 6.45) is 0.0136. The number of rotatable bonds is 3. The molecule has 0 spiro atoms. The van der Waals surface area contributed by atoms with Crippen molar-refractivity contribution in [3.05, 3.63) is 29.3 Å². The summed E-state index contributed by atoms with van der Waals surface area (Å²) >= 11 is 5.78. The predicted molar refractivity (Wildman–Crippen MR) is 88.0 cm³/mol. The maximum Gasteiger partial charge on any atom is 0.407 e. The molecule has 1 aromatic rings. The highest BCUT2D eigenvalue weighted by molar-refractivity contribution is 7.89. The quantitative estimate of drug-likeness (QED) is 0.899. The Balaban J connectivity index is 1.99. The second-order valence-electron chi connectivity index (χ2n) is 6.45. The summed E-state index contributed by atoms with van der Waals surface area (Å²) < 4.78 is 31.6. The summed E-state index contributed by atoms with van der Waals surface area (Å²) in [6, 6.07) is 5.78. The number of ether oxygens (including phenoxy) is 1. The zero-order valence-electron chi connectivity index (χ0n) is 13.4. The molecule has 1 aromatic carbocycles. The molecule has 23 heavy (non-hydrogen) atoms. The molecule has 0 unspecified atom stereocenters. The minimum absolute atomic E-state index is 0.194. The number of hydrogen-bond donors (Lipinski definition) is 1. The largest absolute Gasteiger partial charge is 0.444 e. The van der Waals surface area contributed by atoms with E-state index in [9.17, 15) is 13.2 Å². The first-order chi connectivity index (χ1) is 10.6. The van der Waals surface area contributed by atoms with Crippen molar-refractivity contribution in [3.8, 4) is 0 Å². The van der Waals surface area contributed by atoms with Gasteiger partial charge in [-0.15, -0.1) is 0 Å². The summed E-state index contributed by atoms with van der Waals surface area (Å²) in [4.78, 5) is 12.0. The minimum atomic E-state index is -3.58. The standard InChI is InChI=1S/C15H21ClN2O4S/c1-15(2,3)22-14(19)17-12-8-9-18(10-12)23(20,21)13-6-4-11(16)5-7-13/h4-7,12H,8-10H2,1-3H3,(H,17,19)/t12-/m1/s1. The number of carbonyl (C=O) groups is 1. The van der Waals surface area contributed by atoms with Gasteiger partial charge >= 0.3 is 6.09 Å². The SMILES string of the molecule is CC(C)(C)OC(=O)N[C@@H]1CCN(S(=O)(=O)c2ccc(Cl)cc2)C1. The van der Waals surface area contributed by atoms with Gasteiger partial charge in [-0.2, -0.15) is 4.31 Å². The van der Waals surface area contributed by atoms with E-state index >= 15 is 0 Å². The van der Waals surface area contributed by atoms with Crippen molar-refractivity contribution in [1.82, 2.24) is 9.62 Å². The van der Waals surface area contributed by atoms with Gasteiger partial charge in [-0.05, 0) is 51.5 Å². The smallest absolute Gasteiger partial charge is 0.407 e. The van der Waals surface area contributed by atoms with Gasteiger partial charge in [0.25, 0.3) is 0 Å². The summed E-state index contributed by atoms with van der Waals surface area (Å²) in [5, 5.41) is 3.19. The van der Waals surface area contributed by atoms with Gasteiger partial charge in [-0.25, -0.2) is 13.2 Å². The molecule has 128 valence electrons. The van der Waals surface area contributed by atoms with Crippen LogP contribution in [0.3, 0.4) is 0 Å². The van der Waals surface area contributed by atoms with Crippen molar-refractivity contribution in [2.24, 2.45) is 0 Å². The summed E-state index contributed by atoms with van der Waals surface area (Å²) in [6.45, 7) is 5.91. The molecule has 1 aliphatic heterocycles. The van der Waals surface area contributed by atoms with E-state index in [2.05, 4.69) is 5.32 Å².